The fraction of sp³-hybridized carbons (Fsp3) is 0. The molecule has 1 radical (unpaired) electrons. The smallest absolute Gasteiger partial charge is 0.160 e. The molecule has 0 aromatic carbocycles. The van der Waals surface area contributed by atoms with Gasteiger partial charge in [0.15, 0.2) is 6.39 Å². The fourth-order valence-electron chi connectivity index (χ4n) is 0.638. The largest absolute Gasteiger partial charge is 0.472 e. The molecule has 2 rings (SSSR count). The molecular formula is C6H3IrN2OS-. The Balaban J connectivity index is 0.000000605. The van der Waals surface area contributed by atoms with Crippen LogP contribution in [0.1, 0.15) is 0 Å². The predicted octanol–water partition coefficient (Wildman–Crippen LogP) is 1.60. The Morgan fingerprint density at radius 3 is 3.00 bits per heavy atom. The van der Waals surface area contributed by atoms with Gasteiger partial charge in [0.05, 0.1) is 0 Å². The maximum Gasteiger partial charge on any atom is 0.160 e. The molecule has 0 atom stereocenters. The summed E-state index contributed by atoms with van der Waals surface area (Å²) in [5.74, 6) is 0. The topological polar surface area (TPSA) is 38.9 Å². The van der Waals surface area contributed by atoms with Crippen LogP contribution >= 0.6 is 11.5 Å². The molecular weight excluding hydrogens is 340 g/mol. The molecule has 0 spiro atoms. The molecule has 0 bridgehead atoms. The van der Waals surface area contributed by atoms with Gasteiger partial charge < -0.3 is 9.40 Å². The molecule has 0 aliphatic rings. The van der Waals surface area contributed by atoms with Crippen molar-refractivity contribution >= 4 is 11.5 Å². The van der Waals surface area contributed by atoms with Gasteiger partial charge >= 0.3 is 0 Å². The van der Waals surface area contributed by atoms with Gasteiger partial charge in [0.25, 0.3) is 0 Å². The SMILES string of the molecule is [Ir].[c-]1csnc1-c1cocn1. The Bertz CT molecular complexity index is 260. The first-order chi connectivity index (χ1) is 4.97. The Labute approximate surface area is 81.0 Å². The van der Waals surface area contributed by atoms with Gasteiger partial charge in [-0.1, -0.05) is 22.6 Å². The van der Waals surface area contributed by atoms with E-state index in [1.165, 1.54) is 17.9 Å². The van der Waals surface area contributed by atoms with E-state index < -0.39 is 0 Å². The van der Waals surface area contributed by atoms with Crippen LogP contribution in [0.25, 0.3) is 11.4 Å². The minimum Gasteiger partial charge on any atom is -0.472 e. The van der Waals surface area contributed by atoms with Crippen molar-refractivity contribution in [2.75, 3.05) is 0 Å². The summed E-state index contributed by atoms with van der Waals surface area (Å²) in [5.41, 5.74) is 1.49. The average molecular weight is 343 g/mol. The quantitative estimate of drug-likeness (QED) is 0.739. The van der Waals surface area contributed by atoms with Crippen LogP contribution in [0.3, 0.4) is 0 Å². The average Bonchev–Trinajstić information content (AvgIpc) is 2.59. The monoisotopic (exact) mass is 344 g/mol. The van der Waals surface area contributed by atoms with Crippen molar-refractivity contribution in [3.63, 3.8) is 0 Å². The number of rotatable bonds is 1. The number of aromatic nitrogens is 2. The summed E-state index contributed by atoms with van der Waals surface area (Å²) in [6.07, 6.45) is 2.92. The van der Waals surface area contributed by atoms with Gasteiger partial charge in [-0.05, 0) is 5.69 Å². The molecule has 0 N–H and O–H groups in total. The van der Waals surface area contributed by atoms with Gasteiger partial charge in [0, 0.05) is 26.4 Å². The summed E-state index contributed by atoms with van der Waals surface area (Å²) in [4.78, 5) is 3.90. The molecule has 59 valence electrons. The molecule has 2 aromatic rings. The third-order valence-electron chi connectivity index (χ3n) is 1.07. The zero-order valence-electron chi connectivity index (χ0n) is 5.28. The van der Waals surface area contributed by atoms with Crippen LogP contribution in [-0.2, 0) is 20.1 Å². The Morgan fingerprint density at radius 1 is 1.55 bits per heavy atom. The molecule has 0 fully saturated rings. The molecule has 5 heteroatoms. The fourth-order valence-corrected chi connectivity index (χ4v) is 1.11. The molecule has 0 aliphatic heterocycles. The van der Waals surface area contributed by atoms with E-state index in [1.807, 2.05) is 0 Å². The summed E-state index contributed by atoms with van der Waals surface area (Å²) in [5, 5.41) is 1.78. The van der Waals surface area contributed by atoms with Crippen LogP contribution in [0, 0.1) is 6.07 Å². The van der Waals surface area contributed by atoms with E-state index in [4.69, 9.17) is 4.42 Å². The number of oxazole rings is 1. The standard InChI is InChI=1S/C6H3N2OS.Ir/c1-2-10-8-5(1)6-3-9-4-7-6;/h2-4H;/q-1;. The number of nitrogens with zero attached hydrogens (tertiary/aromatic N) is 2. The van der Waals surface area contributed by atoms with Crippen LogP contribution in [0.15, 0.2) is 22.5 Å². The first kappa shape index (κ1) is 8.58. The second-order valence-electron chi connectivity index (χ2n) is 1.68. The van der Waals surface area contributed by atoms with Gasteiger partial charge in [0.1, 0.15) is 0 Å². The maximum absolute atomic E-state index is 4.77. The normalized spacial score (nSPS) is 9.09. The predicted molar refractivity (Wildman–Crippen MR) is 36.4 cm³/mol. The first-order valence-corrected chi connectivity index (χ1v) is 3.51. The molecule has 3 nitrogen and oxygen atoms in total. The minimum atomic E-state index is 0. The molecule has 2 heterocycles. The van der Waals surface area contributed by atoms with E-state index in [1.54, 1.807) is 11.6 Å². The second-order valence-corrected chi connectivity index (χ2v) is 2.31. The Morgan fingerprint density at radius 2 is 2.45 bits per heavy atom. The van der Waals surface area contributed by atoms with E-state index in [0.717, 1.165) is 11.4 Å². The summed E-state index contributed by atoms with van der Waals surface area (Å²) in [7, 11) is 0. The van der Waals surface area contributed by atoms with E-state index >= 15 is 0 Å². The van der Waals surface area contributed by atoms with Crippen molar-refractivity contribution in [3.8, 4) is 11.4 Å². The summed E-state index contributed by atoms with van der Waals surface area (Å²) in [6.45, 7) is 0. The third-order valence-corrected chi connectivity index (χ3v) is 1.58. The maximum atomic E-state index is 4.77. The number of hydrogen-bond donors (Lipinski definition) is 0. The van der Waals surface area contributed by atoms with Crippen LogP contribution in [-0.4, -0.2) is 9.36 Å². The number of hydrogen-bond acceptors (Lipinski definition) is 4. The molecule has 0 saturated carbocycles. The van der Waals surface area contributed by atoms with Gasteiger partial charge in [-0.15, -0.1) is 0 Å². The van der Waals surface area contributed by atoms with Crippen molar-refractivity contribution in [2.45, 2.75) is 0 Å². The zero-order valence-corrected chi connectivity index (χ0v) is 8.49. The Hall–Kier alpha value is -0.511. The van der Waals surface area contributed by atoms with Crippen molar-refractivity contribution < 1.29 is 24.5 Å². The van der Waals surface area contributed by atoms with Gasteiger partial charge in [-0.25, -0.2) is 10.4 Å². The molecule has 11 heavy (non-hydrogen) atoms. The van der Waals surface area contributed by atoms with Crippen molar-refractivity contribution in [3.05, 3.63) is 24.1 Å². The van der Waals surface area contributed by atoms with E-state index in [2.05, 4.69) is 15.4 Å². The molecule has 0 saturated heterocycles. The molecule has 0 amide bonds. The Kier molecular flexibility index (Phi) is 2.93. The van der Waals surface area contributed by atoms with Crippen LogP contribution < -0.4 is 0 Å². The molecule has 2 aromatic heterocycles. The van der Waals surface area contributed by atoms with E-state index in [9.17, 15) is 0 Å². The summed E-state index contributed by atoms with van der Waals surface area (Å²) < 4.78 is 8.79. The summed E-state index contributed by atoms with van der Waals surface area (Å²) >= 11 is 1.35. The zero-order chi connectivity index (χ0) is 6.81. The van der Waals surface area contributed by atoms with Crippen molar-refractivity contribution in [1.82, 2.24) is 9.36 Å². The minimum absolute atomic E-state index is 0. The van der Waals surface area contributed by atoms with Crippen LogP contribution in [0.2, 0.25) is 0 Å². The van der Waals surface area contributed by atoms with Gasteiger partial charge in [-0.3, -0.25) is 0 Å². The van der Waals surface area contributed by atoms with Gasteiger partial charge in [0.2, 0.25) is 0 Å². The van der Waals surface area contributed by atoms with E-state index in [0.29, 0.717) is 0 Å². The molecule has 0 aliphatic carbocycles. The second kappa shape index (κ2) is 3.76. The van der Waals surface area contributed by atoms with Crippen molar-refractivity contribution in [2.24, 2.45) is 0 Å². The molecule has 0 unspecified atom stereocenters. The van der Waals surface area contributed by atoms with E-state index in [-0.39, 0.29) is 20.1 Å². The van der Waals surface area contributed by atoms with Crippen molar-refractivity contribution in [1.29, 1.82) is 0 Å². The third kappa shape index (κ3) is 1.74. The summed E-state index contributed by atoms with van der Waals surface area (Å²) in [6, 6.07) is 2.92. The first-order valence-electron chi connectivity index (χ1n) is 2.67. The van der Waals surface area contributed by atoms with Gasteiger partial charge in [-0.2, -0.15) is 0 Å². The van der Waals surface area contributed by atoms with Crippen LogP contribution in [0.4, 0.5) is 0 Å². The van der Waals surface area contributed by atoms with Crippen LogP contribution in [0.5, 0.6) is 0 Å².